The molecule has 0 spiro atoms. The number of likely N-dealkylation sites (tertiary alicyclic amines) is 1. The number of aliphatic imine (C=N–C) groups is 1. The zero-order chi connectivity index (χ0) is 20.7. The zero-order valence-electron chi connectivity index (χ0n) is 16.5. The van der Waals surface area contributed by atoms with Crippen LogP contribution in [0.2, 0.25) is 0 Å². The van der Waals surface area contributed by atoms with E-state index in [1.54, 1.807) is 33.3 Å². The smallest absolute Gasteiger partial charge is 0.356 e. The molecular weight excluding hydrogens is 371 g/mol. The summed E-state index contributed by atoms with van der Waals surface area (Å²) in [6.07, 6.45) is -3.41. The van der Waals surface area contributed by atoms with Crippen LogP contribution in [-0.4, -0.2) is 75.2 Å². The van der Waals surface area contributed by atoms with E-state index >= 15 is 0 Å². The molecule has 1 unspecified atom stereocenters. The van der Waals surface area contributed by atoms with Gasteiger partial charge in [0.05, 0.1) is 6.54 Å². The minimum atomic E-state index is -4.15. The average Bonchev–Trinajstić information content (AvgIpc) is 3.07. The number of guanidine groups is 1. The second-order valence-corrected chi connectivity index (χ2v) is 7.21. The lowest BCUT2D eigenvalue weighted by atomic mass is 10.1. The summed E-state index contributed by atoms with van der Waals surface area (Å²) >= 11 is 0. The Labute approximate surface area is 163 Å². The molecule has 1 aliphatic heterocycles. The van der Waals surface area contributed by atoms with Crippen LogP contribution in [0.25, 0.3) is 0 Å². The van der Waals surface area contributed by atoms with Crippen LogP contribution >= 0.6 is 0 Å². The van der Waals surface area contributed by atoms with Gasteiger partial charge in [-0.3, -0.25) is 14.7 Å². The number of carbonyl (C=O) groups excluding carboxylic acids is 1. The molecule has 1 amide bonds. The Morgan fingerprint density at radius 2 is 1.93 bits per heavy atom. The molecule has 0 bridgehead atoms. The Hall–Kier alpha value is -2.29. The van der Waals surface area contributed by atoms with Crippen LogP contribution in [0.15, 0.2) is 29.3 Å². The minimum absolute atomic E-state index is 0.0480. The van der Waals surface area contributed by atoms with Crippen LogP contribution in [0, 0.1) is 5.92 Å². The first-order chi connectivity index (χ1) is 13.2. The molecule has 2 N–H and O–H groups in total. The number of nitrogens with one attached hydrogen (secondary N) is 2. The van der Waals surface area contributed by atoms with Crippen LogP contribution in [-0.2, 0) is 6.54 Å². The Bertz CT molecular complexity index is 673. The highest BCUT2D eigenvalue weighted by molar-refractivity contribution is 5.93. The Morgan fingerprint density at radius 3 is 2.50 bits per heavy atom. The van der Waals surface area contributed by atoms with E-state index in [4.69, 9.17) is 0 Å². The Balaban J connectivity index is 1.75. The molecular formula is C19H28F3N5O. The molecule has 9 heteroatoms. The number of alkyl halides is 3. The van der Waals surface area contributed by atoms with E-state index < -0.39 is 12.7 Å². The van der Waals surface area contributed by atoms with Gasteiger partial charge in [0.15, 0.2) is 5.96 Å². The highest BCUT2D eigenvalue weighted by Crippen LogP contribution is 2.22. The molecule has 0 aromatic heterocycles. The van der Waals surface area contributed by atoms with E-state index in [1.165, 1.54) is 9.80 Å². The van der Waals surface area contributed by atoms with E-state index in [0.717, 1.165) is 12.0 Å². The van der Waals surface area contributed by atoms with Gasteiger partial charge in [-0.2, -0.15) is 13.2 Å². The molecule has 0 saturated carbocycles. The summed E-state index contributed by atoms with van der Waals surface area (Å²) in [6, 6.07) is 7.32. The average molecular weight is 399 g/mol. The number of halogens is 3. The lowest BCUT2D eigenvalue weighted by Gasteiger charge is -2.18. The summed E-state index contributed by atoms with van der Waals surface area (Å²) in [5, 5.41) is 6.36. The predicted molar refractivity (Wildman–Crippen MR) is 103 cm³/mol. The molecule has 0 aliphatic carbocycles. The summed E-state index contributed by atoms with van der Waals surface area (Å²) in [5.41, 5.74) is 1.62. The van der Waals surface area contributed by atoms with Gasteiger partial charge >= 0.3 is 6.18 Å². The van der Waals surface area contributed by atoms with E-state index in [0.29, 0.717) is 37.7 Å². The second-order valence-electron chi connectivity index (χ2n) is 7.21. The number of benzene rings is 1. The quantitative estimate of drug-likeness (QED) is 0.567. The number of nitrogens with zero attached hydrogens (tertiary/aromatic N) is 3. The van der Waals surface area contributed by atoms with Gasteiger partial charge in [0.25, 0.3) is 5.91 Å². The van der Waals surface area contributed by atoms with Crippen molar-refractivity contribution in [3.05, 3.63) is 35.4 Å². The monoisotopic (exact) mass is 399 g/mol. The van der Waals surface area contributed by atoms with Gasteiger partial charge in [0.2, 0.25) is 0 Å². The van der Waals surface area contributed by atoms with Crippen LogP contribution in [0.3, 0.4) is 0 Å². The molecule has 1 saturated heterocycles. The maximum Gasteiger partial charge on any atom is 0.401 e. The fraction of sp³-hybridized carbons (Fsp3) is 0.579. The number of hydrogen-bond acceptors (Lipinski definition) is 3. The van der Waals surface area contributed by atoms with Gasteiger partial charge in [-0.05, 0) is 36.6 Å². The van der Waals surface area contributed by atoms with Gasteiger partial charge in [-0.15, -0.1) is 0 Å². The Morgan fingerprint density at radius 1 is 1.25 bits per heavy atom. The third-order valence-corrected chi connectivity index (χ3v) is 4.62. The van der Waals surface area contributed by atoms with Crippen LogP contribution in [0.1, 0.15) is 22.3 Å². The van der Waals surface area contributed by atoms with Crippen LogP contribution in [0.4, 0.5) is 13.2 Å². The maximum atomic E-state index is 12.5. The SMILES string of the molecule is CN=C(NCc1ccc(C(=O)N(C)C)cc1)NCC1CCN(CC(F)(F)F)C1. The van der Waals surface area contributed by atoms with Crippen molar-refractivity contribution in [1.29, 1.82) is 0 Å². The van der Waals surface area contributed by atoms with Crippen molar-refractivity contribution in [3.8, 4) is 0 Å². The molecule has 6 nitrogen and oxygen atoms in total. The van der Waals surface area contributed by atoms with Crippen molar-refractivity contribution in [3.63, 3.8) is 0 Å². The molecule has 1 atom stereocenters. The van der Waals surface area contributed by atoms with Gasteiger partial charge in [0, 0.05) is 46.3 Å². The van der Waals surface area contributed by atoms with Gasteiger partial charge in [0.1, 0.15) is 0 Å². The molecule has 1 aromatic rings. The highest BCUT2D eigenvalue weighted by Gasteiger charge is 2.34. The molecule has 28 heavy (non-hydrogen) atoms. The lowest BCUT2D eigenvalue weighted by molar-refractivity contribution is -0.143. The summed E-state index contributed by atoms with van der Waals surface area (Å²) < 4.78 is 37.4. The zero-order valence-corrected chi connectivity index (χ0v) is 16.5. The lowest BCUT2D eigenvalue weighted by Crippen LogP contribution is -2.40. The van der Waals surface area contributed by atoms with Crippen LogP contribution < -0.4 is 10.6 Å². The molecule has 156 valence electrons. The van der Waals surface area contributed by atoms with E-state index in [1.807, 2.05) is 12.1 Å². The fourth-order valence-corrected chi connectivity index (χ4v) is 3.15. The second kappa shape index (κ2) is 9.77. The fourth-order valence-electron chi connectivity index (χ4n) is 3.15. The van der Waals surface area contributed by atoms with E-state index in [9.17, 15) is 18.0 Å². The molecule has 2 rings (SSSR count). The summed E-state index contributed by atoms with van der Waals surface area (Å²) in [7, 11) is 5.07. The normalized spacial score (nSPS) is 18.2. The minimum Gasteiger partial charge on any atom is -0.356 e. The third-order valence-electron chi connectivity index (χ3n) is 4.62. The number of amides is 1. The summed E-state index contributed by atoms with van der Waals surface area (Å²) in [6.45, 7) is 1.16. The molecule has 1 fully saturated rings. The van der Waals surface area contributed by atoms with Crippen LogP contribution in [0.5, 0.6) is 0 Å². The molecule has 1 heterocycles. The van der Waals surface area contributed by atoms with Gasteiger partial charge in [-0.1, -0.05) is 12.1 Å². The van der Waals surface area contributed by atoms with Crippen molar-refractivity contribution in [1.82, 2.24) is 20.4 Å². The van der Waals surface area contributed by atoms with Crippen molar-refractivity contribution < 1.29 is 18.0 Å². The molecule has 1 aromatic carbocycles. The largest absolute Gasteiger partial charge is 0.401 e. The first kappa shape index (κ1) is 22.0. The highest BCUT2D eigenvalue weighted by atomic mass is 19.4. The van der Waals surface area contributed by atoms with Crippen molar-refractivity contribution in [2.45, 2.75) is 19.1 Å². The summed E-state index contributed by atoms with van der Waals surface area (Å²) in [4.78, 5) is 19.0. The maximum absolute atomic E-state index is 12.5. The predicted octanol–water partition coefficient (Wildman–Crippen LogP) is 1.94. The first-order valence-electron chi connectivity index (χ1n) is 9.22. The van der Waals surface area contributed by atoms with E-state index in [2.05, 4.69) is 15.6 Å². The molecule has 0 radical (unpaired) electrons. The third kappa shape index (κ3) is 7.03. The Kier molecular flexibility index (Phi) is 7.68. The van der Waals surface area contributed by atoms with Gasteiger partial charge < -0.3 is 15.5 Å². The topological polar surface area (TPSA) is 60.0 Å². The number of carbonyl (C=O) groups is 1. The number of rotatable bonds is 6. The van der Waals surface area contributed by atoms with E-state index in [-0.39, 0.29) is 11.8 Å². The summed E-state index contributed by atoms with van der Waals surface area (Å²) in [5.74, 6) is 0.716. The molecule has 1 aliphatic rings. The van der Waals surface area contributed by atoms with Crippen molar-refractivity contribution in [2.24, 2.45) is 10.9 Å². The van der Waals surface area contributed by atoms with Crippen molar-refractivity contribution >= 4 is 11.9 Å². The standard InChI is InChI=1S/C19H28F3N5O/c1-23-18(25-11-15-8-9-27(12-15)13-19(20,21)22)24-10-14-4-6-16(7-5-14)17(28)26(2)3/h4-7,15H,8-13H2,1-3H3,(H2,23,24,25). The number of hydrogen-bond donors (Lipinski definition) is 2. The van der Waals surface area contributed by atoms with Gasteiger partial charge in [-0.25, -0.2) is 0 Å². The first-order valence-corrected chi connectivity index (χ1v) is 9.22. The van der Waals surface area contributed by atoms with Crippen molar-refractivity contribution in [2.75, 3.05) is 47.3 Å².